The van der Waals surface area contributed by atoms with Crippen molar-refractivity contribution in [2.45, 2.75) is 18.4 Å². The summed E-state index contributed by atoms with van der Waals surface area (Å²) < 4.78 is 17.1. The number of ether oxygens (including phenoxy) is 3. The van der Waals surface area contributed by atoms with Gasteiger partial charge < -0.3 is 19.1 Å². The van der Waals surface area contributed by atoms with E-state index in [1.807, 2.05) is 53.4 Å². The Bertz CT molecular complexity index is 1040. The Morgan fingerprint density at radius 3 is 2.40 bits per heavy atom. The molecule has 3 heterocycles. The maximum atomic E-state index is 13.6. The SMILES string of the molecule is COc1cncc(OC2CCN(C(=O)C3c4ccccc4Oc4ccccc43)C2)n1. The number of nitrogens with zero attached hydrogens (tertiary/aromatic N) is 3. The highest BCUT2D eigenvalue weighted by Gasteiger charge is 2.38. The first-order valence-electron chi connectivity index (χ1n) is 9.90. The number of carbonyl (C=O) groups is 1. The lowest BCUT2D eigenvalue weighted by Gasteiger charge is -2.30. The number of likely N-dealkylation sites (tertiary alicyclic amines) is 1. The van der Waals surface area contributed by atoms with Gasteiger partial charge in [0.05, 0.1) is 32.0 Å². The van der Waals surface area contributed by atoms with Crippen molar-refractivity contribution in [2.24, 2.45) is 0 Å². The van der Waals surface area contributed by atoms with Crippen molar-refractivity contribution in [3.8, 4) is 23.3 Å². The standard InChI is InChI=1S/C23H21N3O4/c1-28-20-12-24-13-21(25-20)29-15-10-11-26(14-15)23(27)22-16-6-2-4-8-18(16)30-19-9-5-3-7-17(19)22/h2-9,12-13,15,22H,10-11,14H2,1H3. The fourth-order valence-electron chi connectivity index (χ4n) is 4.04. The summed E-state index contributed by atoms with van der Waals surface area (Å²) in [5, 5.41) is 0. The molecule has 7 heteroatoms. The molecule has 2 aliphatic rings. The molecule has 0 N–H and O–H groups in total. The monoisotopic (exact) mass is 403 g/mol. The molecule has 3 aromatic rings. The van der Waals surface area contributed by atoms with Crippen molar-refractivity contribution >= 4 is 5.91 Å². The summed E-state index contributed by atoms with van der Waals surface area (Å²) in [5.41, 5.74) is 1.79. The molecular formula is C23H21N3O4. The highest BCUT2D eigenvalue weighted by molar-refractivity contribution is 5.90. The first-order valence-corrected chi connectivity index (χ1v) is 9.90. The van der Waals surface area contributed by atoms with Gasteiger partial charge in [-0.3, -0.25) is 9.78 Å². The van der Waals surface area contributed by atoms with Crippen LogP contribution in [0.25, 0.3) is 0 Å². The molecule has 2 aromatic carbocycles. The number of rotatable bonds is 4. The fraction of sp³-hybridized carbons (Fsp3) is 0.261. The number of carbonyl (C=O) groups excluding carboxylic acids is 1. The molecule has 0 saturated carbocycles. The zero-order chi connectivity index (χ0) is 20.5. The molecule has 0 aliphatic carbocycles. The van der Waals surface area contributed by atoms with Crippen LogP contribution in [0.1, 0.15) is 23.5 Å². The molecule has 1 amide bonds. The molecule has 152 valence electrons. The molecule has 1 atom stereocenters. The quantitative estimate of drug-likeness (QED) is 0.665. The van der Waals surface area contributed by atoms with Crippen LogP contribution in [0.5, 0.6) is 23.3 Å². The fourth-order valence-corrected chi connectivity index (χ4v) is 4.04. The summed E-state index contributed by atoms with van der Waals surface area (Å²) in [6.45, 7) is 1.13. The summed E-state index contributed by atoms with van der Waals surface area (Å²) >= 11 is 0. The van der Waals surface area contributed by atoms with Crippen molar-refractivity contribution in [1.82, 2.24) is 14.9 Å². The van der Waals surface area contributed by atoms with Gasteiger partial charge in [-0.25, -0.2) is 0 Å². The molecule has 5 rings (SSSR count). The molecule has 1 fully saturated rings. The van der Waals surface area contributed by atoms with Crippen LogP contribution in [0.2, 0.25) is 0 Å². The number of hydrogen-bond donors (Lipinski definition) is 0. The third-order valence-electron chi connectivity index (χ3n) is 5.47. The van der Waals surface area contributed by atoms with E-state index in [1.165, 1.54) is 13.3 Å². The van der Waals surface area contributed by atoms with Crippen LogP contribution in [-0.4, -0.2) is 47.1 Å². The second-order valence-electron chi connectivity index (χ2n) is 7.32. The smallest absolute Gasteiger partial charge is 0.235 e. The Hall–Kier alpha value is -3.61. The van der Waals surface area contributed by atoms with E-state index in [0.717, 1.165) is 29.0 Å². The number of benzene rings is 2. The Morgan fingerprint density at radius 2 is 1.70 bits per heavy atom. The molecule has 0 radical (unpaired) electrons. The molecule has 1 saturated heterocycles. The van der Waals surface area contributed by atoms with Crippen molar-refractivity contribution < 1.29 is 19.0 Å². The van der Waals surface area contributed by atoms with Gasteiger partial charge in [-0.2, -0.15) is 4.98 Å². The highest BCUT2D eigenvalue weighted by atomic mass is 16.5. The number of methoxy groups -OCH3 is 1. The number of aromatic nitrogens is 2. The first-order chi connectivity index (χ1) is 14.7. The molecular weight excluding hydrogens is 382 g/mol. The second kappa shape index (κ2) is 7.67. The third-order valence-corrected chi connectivity index (χ3v) is 5.47. The van der Waals surface area contributed by atoms with Crippen molar-refractivity contribution in [3.05, 3.63) is 72.1 Å². The normalized spacial score (nSPS) is 17.6. The second-order valence-corrected chi connectivity index (χ2v) is 7.32. The minimum atomic E-state index is -0.387. The van der Waals surface area contributed by atoms with E-state index in [9.17, 15) is 4.79 Å². The van der Waals surface area contributed by atoms with Crippen LogP contribution in [-0.2, 0) is 4.79 Å². The Labute approximate surface area is 174 Å². The van der Waals surface area contributed by atoms with Gasteiger partial charge in [0.25, 0.3) is 0 Å². The van der Waals surface area contributed by atoms with Gasteiger partial charge >= 0.3 is 0 Å². The average Bonchev–Trinajstić information content (AvgIpc) is 3.25. The van der Waals surface area contributed by atoms with Crippen LogP contribution in [0.15, 0.2) is 60.9 Å². The number of fused-ring (bicyclic) bond motifs is 2. The maximum absolute atomic E-state index is 13.6. The lowest BCUT2D eigenvalue weighted by molar-refractivity contribution is -0.131. The van der Waals surface area contributed by atoms with E-state index < -0.39 is 0 Å². The van der Waals surface area contributed by atoms with Gasteiger partial charge in [0, 0.05) is 24.1 Å². The molecule has 0 spiro atoms. The summed E-state index contributed by atoms with van der Waals surface area (Å²) in [5.74, 6) is 1.92. The summed E-state index contributed by atoms with van der Waals surface area (Å²) in [7, 11) is 1.54. The highest BCUT2D eigenvalue weighted by Crippen LogP contribution is 2.44. The van der Waals surface area contributed by atoms with E-state index in [4.69, 9.17) is 14.2 Å². The zero-order valence-electron chi connectivity index (χ0n) is 16.5. The van der Waals surface area contributed by atoms with Crippen LogP contribution in [0, 0.1) is 0 Å². The van der Waals surface area contributed by atoms with Crippen molar-refractivity contribution in [3.63, 3.8) is 0 Å². The summed E-state index contributed by atoms with van der Waals surface area (Å²) in [4.78, 5) is 23.8. The van der Waals surface area contributed by atoms with Gasteiger partial charge in [0.2, 0.25) is 17.7 Å². The van der Waals surface area contributed by atoms with Crippen molar-refractivity contribution in [2.75, 3.05) is 20.2 Å². The van der Waals surface area contributed by atoms with Gasteiger partial charge in [0.1, 0.15) is 17.6 Å². The Morgan fingerprint density at radius 1 is 1.03 bits per heavy atom. The van der Waals surface area contributed by atoms with E-state index in [1.54, 1.807) is 6.20 Å². The molecule has 1 aromatic heterocycles. The summed E-state index contributed by atoms with van der Waals surface area (Å²) in [6.07, 6.45) is 3.67. The maximum Gasteiger partial charge on any atom is 0.235 e. The van der Waals surface area contributed by atoms with Crippen LogP contribution in [0.3, 0.4) is 0 Å². The lowest BCUT2D eigenvalue weighted by atomic mass is 9.87. The predicted octanol–water partition coefficient (Wildman–Crippen LogP) is 3.40. The van der Waals surface area contributed by atoms with Gasteiger partial charge in [-0.05, 0) is 12.1 Å². The lowest BCUT2D eigenvalue weighted by Crippen LogP contribution is -2.36. The van der Waals surface area contributed by atoms with Crippen molar-refractivity contribution in [1.29, 1.82) is 0 Å². The van der Waals surface area contributed by atoms with Gasteiger partial charge in [0.15, 0.2) is 0 Å². The van der Waals surface area contributed by atoms with Gasteiger partial charge in [-0.1, -0.05) is 36.4 Å². The van der Waals surface area contributed by atoms with Crippen LogP contribution in [0.4, 0.5) is 0 Å². The Balaban J connectivity index is 1.37. The van der Waals surface area contributed by atoms with E-state index >= 15 is 0 Å². The number of hydrogen-bond acceptors (Lipinski definition) is 6. The Kier molecular flexibility index (Phi) is 4.71. The molecule has 30 heavy (non-hydrogen) atoms. The molecule has 7 nitrogen and oxygen atoms in total. The summed E-state index contributed by atoms with van der Waals surface area (Å²) in [6, 6.07) is 15.5. The van der Waals surface area contributed by atoms with Crippen LogP contribution < -0.4 is 14.2 Å². The molecule has 2 aliphatic heterocycles. The minimum absolute atomic E-state index is 0.0565. The largest absolute Gasteiger partial charge is 0.480 e. The van der Waals surface area contributed by atoms with Crippen LogP contribution >= 0.6 is 0 Å². The topological polar surface area (TPSA) is 73.8 Å². The average molecular weight is 403 g/mol. The number of amides is 1. The van der Waals surface area contributed by atoms with Gasteiger partial charge in [-0.15, -0.1) is 0 Å². The zero-order valence-corrected chi connectivity index (χ0v) is 16.5. The van der Waals surface area contributed by atoms with E-state index in [2.05, 4.69) is 9.97 Å². The number of para-hydroxylation sites is 2. The van der Waals surface area contributed by atoms with E-state index in [-0.39, 0.29) is 17.9 Å². The molecule has 0 bridgehead atoms. The van der Waals surface area contributed by atoms with E-state index in [0.29, 0.717) is 24.8 Å². The molecule has 1 unspecified atom stereocenters. The third kappa shape index (κ3) is 3.32. The predicted molar refractivity (Wildman–Crippen MR) is 109 cm³/mol. The minimum Gasteiger partial charge on any atom is -0.480 e. The first kappa shape index (κ1) is 18.4.